The van der Waals surface area contributed by atoms with Gasteiger partial charge < -0.3 is 5.73 Å². The molecule has 2 aromatic heterocycles. The molecular weight excluding hydrogens is 424 g/mol. The van der Waals surface area contributed by atoms with Gasteiger partial charge in [0.05, 0.1) is 6.54 Å². The van der Waals surface area contributed by atoms with Gasteiger partial charge in [0.2, 0.25) is 0 Å². The summed E-state index contributed by atoms with van der Waals surface area (Å²) in [6.45, 7) is 2.81. The number of nitrogens with zero attached hydrogens (tertiary/aromatic N) is 6. The molecule has 3 aromatic carbocycles. The van der Waals surface area contributed by atoms with E-state index >= 15 is 0 Å². The Hall–Kier alpha value is -4.33. The van der Waals surface area contributed by atoms with Crippen molar-refractivity contribution in [3.8, 4) is 22.5 Å². The topological polar surface area (TPSA) is 111 Å². The van der Waals surface area contributed by atoms with E-state index in [2.05, 4.69) is 57.9 Å². The molecule has 0 aliphatic carbocycles. The van der Waals surface area contributed by atoms with Crippen LogP contribution in [-0.4, -0.2) is 35.4 Å². The average Bonchev–Trinajstić information content (AvgIpc) is 3.52. The van der Waals surface area contributed by atoms with Gasteiger partial charge in [0.15, 0.2) is 11.6 Å². The Labute approximate surface area is 197 Å². The maximum absolute atomic E-state index is 5.84. The van der Waals surface area contributed by atoms with Gasteiger partial charge >= 0.3 is 0 Å². The highest BCUT2D eigenvalue weighted by atomic mass is 15.5. The summed E-state index contributed by atoms with van der Waals surface area (Å²) >= 11 is 0. The van der Waals surface area contributed by atoms with Crippen LogP contribution in [0.25, 0.3) is 22.5 Å². The molecule has 3 N–H and O–H groups in total. The molecule has 5 rings (SSSR count). The summed E-state index contributed by atoms with van der Waals surface area (Å²) in [6.07, 6.45) is 2.60. The molecule has 34 heavy (non-hydrogen) atoms. The van der Waals surface area contributed by atoms with Crippen molar-refractivity contribution in [3.05, 3.63) is 95.6 Å². The van der Waals surface area contributed by atoms with Crippen LogP contribution in [0, 0.1) is 0 Å². The normalized spacial score (nSPS) is 11.1. The molecule has 0 saturated heterocycles. The van der Waals surface area contributed by atoms with Gasteiger partial charge in [0.25, 0.3) is 0 Å². The van der Waals surface area contributed by atoms with Crippen LogP contribution in [0.15, 0.2) is 72.8 Å². The number of aromatic nitrogens is 7. The number of nitrogens with one attached hydrogen (secondary N) is 1. The van der Waals surface area contributed by atoms with E-state index in [9.17, 15) is 0 Å². The van der Waals surface area contributed by atoms with Gasteiger partial charge in [-0.3, -0.25) is 0 Å². The molecule has 2 heterocycles. The van der Waals surface area contributed by atoms with Gasteiger partial charge in [-0.15, -0.1) is 5.10 Å². The molecule has 5 aromatic rings. The molecule has 0 aliphatic rings. The smallest absolute Gasteiger partial charge is 0.180 e. The molecule has 0 spiro atoms. The highest BCUT2D eigenvalue weighted by Gasteiger charge is 2.13. The fourth-order valence-corrected chi connectivity index (χ4v) is 4.01. The number of rotatable bonds is 8. The molecule has 0 fully saturated rings. The van der Waals surface area contributed by atoms with Gasteiger partial charge in [-0.05, 0) is 51.2 Å². The maximum Gasteiger partial charge on any atom is 0.180 e. The first-order valence-electron chi connectivity index (χ1n) is 11.4. The van der Waals surface area contributed by atoms with Crippen LogP contribution in [0.5, 0.6) is 0 Å². The molecule has 0 saturated carbocycles. The van der Waals surface area contributed by atoms with Gasteiger partial charge in [0.1, 0.15) is 5.82 Å². The van der Waals surface area contributed by atoms with Crippen molar-refractivity contribution in [1.29, 1.82) is 0 Å². The zero-order valence-corrected chi connectivity index (χ0v) is 19.0. The number of hydrogen-bond acceptors (Lipinski definition) is 6. The van der Waals surface area contributed by atoms with E-state index in [0.29, 0.717) is 18.8 Å². The molecule has 8 heteroatoms. The lowest BCUT2D eigenvalue weighted by molar-refractivity contribution is 0.639. The van der Waals surface area contributed by atoms with E-state index in [1.807, 2.05) is 47.1 Å². The Morgan fingerprint density at radius 3 is 2.32 bits per heavy atom. The van der Waals surface area contributed by atoms with Gasteiger partial charge in [-0.25, -0.2) is 14.8 Å². The SMILES string of the molecule is CCCc1nc(Cc2ccc(N)cc2)n(Cc2ccc(-c3ccccc3-c3nnn[nH]3)cc2)n1. The Morgan fingerprint density at radius 2 is 1.62 bits per heavy atom. The third kappa shape index (κ3) is 4.71. The molecule has 0 radical (unpaired) electrons. The van der Waals surface area contributed by atoms with Crippen LogP contribution in [-0.2, 0) is 19.4 Å². The minimum atomic E-state index is 0.651. The van der Waals surface area contributed by atoms with Gasteiger partial charge in [-0.2, -0.15) is 5.10 Å². The summed E-state index contributed by atoms with van der Waals surface area (Å²) in [5.74, 6) is 2.50. The second-order valence-electron chi connectivity index (χ2n) is 8.26. The van der Waals surface area contributed by atoms with E-state index < -0.39 is 0 Å². The minimum Gasteiger partial charge on any atom is -0.399 e. The third-order valence-corrected chi connectivity index (χ3v) is 5.73. The first-order chi connectivity index (χ1) is 16.7. The second-order valence-corrected chi connectivity index (χ2v) is 8.26. The number of anilines is 1. The lowest BCUT2D eigenvalue weighted by Crippen LogP contribution is -2.08. The molecule has 0 aliphatic heterocycles. The highest BCUT2D eigenvalue weighted by molar-refractivity contribution is 5.80. The summed E-state index contributed by atoms with van der Waals surface area (Å²) in [4.78, 5) is 4.82. The van der Waals surface area contributed by atoms with Crippen LogP contribution >= 0.6 is 0 Å². The molecule has 170 valence electrons. The Kier molecular flexibility index (Phi) is 6.11. The lowest BCUT2D eigenvalue weighted by Gasteiger charge is -2.10. The maximum atomic E-state index is 5.84. The van der Waals surface area contributed by atoms with E-state index in [1.54, 1.807) is 0 Å². The van der Waals surface area contributed by atoms with Crippen molar-refractivity contribution in [2.45, 2.75) is 32.7 Å². The Bertz CT molecular complexity index is 1350. The van der Waals surface area contributed by atoms with Crippen LogP contribution in [0.3, 0.4) is 0 Å². The number of tetrazole rings is 1. The predicted octanol–water partition coefficient (Wildman–Crippen LogP) is 4.30. The molecular formula is C26H26N8. The van der Waals surface area contributed by atoms with Crippen molar-refractivity contribution in [2.24, 2.45) is 0 Å². The predicted molar refractivity (Wildman–Crippen MR) is 132 cm³/mol. The zero-order chi connectivity index (χ0) is 23.3. The van der Waals surface area contributed by atoms with Gasteiger partial charge in [-0.1, -0.05) is 67.6 Å². The minimum absolute atomic E-state index is 0.651. The van der Waals surface area contributed by atoms with Crippen LogP contribution in [0.2, 0.25) is 0 Å². The largest absolute Gasteiger partial charge is 0.399 e. The fraction of sp³-hybridized carbons (Fsp3) is 0.192. The molecule has 0 bridgehead atoms. The number of nitrogens with two attached hydrogens (primary N) is 1. The van der Waals surface area contributed by atoms with Crippen LogP contribution < -0.4 is 5.73 Å². The number of aryl methyl sites for hydroxylation is 1. The summed E-state index contributed by atoms with van der Waals surface area (Å²) in [5.41, 5.74) is 12.1. The average molecular weight is 451 g/mol. The molecule has 0 amide bonds. The summed E-state index contributed by atoms with van der Waals surface area (Å²) in [5, 5.41) is 19.1. The number of nitrogen functional groups attached to an aromatic ring is 1. The van der Waals surface area contributed by atoms with E-state index in [-0.39, 0.29) is 0 Å². The zero-order valence-electron chi connectivity index (χ0n) is 19.0. The number of hydrogen-bond donors (Lipinski definition) is 2. The molecule has 0 atom stereocenters. The Balaban J connectivity index is 1.40. The fourth-order valence-electron chi connectivity index (χ4n) is 4.01. The van der Waals surface area contributed by atoms with Crippen LogP contribution in [0.1, 0.15) is 36.1 Å². The first-order valence-corrected chi connectivity index (χ1v) is 11.4. The summed E-state index contributed by atoms with van der Waals surface area (Å²) < 4.78 is 2.02. The second kappa shape index (κ2) is 9.66. The van der Waals surface area contributed by atoms with E-state index in [1.165, 1.54) is 5.56 Å². The van der Waals surface area contributed by atoms with Crippen molar-refractivity contribution in [2.75, 3.05) is 5.73 Å². The van der Waals surface area contributed by atoms with Crippen molar-refractivity contribution in [3.63, 3.8) is 0 Å². The number of aromatic amines is 1. The first kappa shape index (κ1) is 21.5. The quantitative estimate of drug-likeness (QED) is 0.341. The van der Waals surface area contributed by atoms with Gasteiger partial charge in [0, 0.05) is 24.1 Å². The standard InChI is InChI=1S/C26H26N8/c1-2-5-24-28-25(16-18-10-14-21(27)15-11-18)34(31-24)17-19-8-12-20(13-9-19)22-6-3-4-7-23(22)26-29-32-33-30-26/h3-4,6-15H,2,5,16-17,27H2,1H3,(H,29,30,32,33). The third-order valence-electron chi connectivity index (χ3n) is 5.73. The molecule has 0 unspecified atom stereocenters. The Morgan fingerprint density at radius 1 is 0.882 bits per heavy atom. The monoisotopic (exact) mass is 450 g/mol. The lowest BCUT2D eigenvalue weighted by atomic mass is 9.98. The summed E-state index contributed by atoms with van der Waals surface area (Å²) in [6, 6.07) is 24.6. The van der Waals surface area contributed by atoms with Crippen molar-refractivity contribution < 1.29 is 0 Å². The molecule has 8 nitrogen and oxygen atoms in total. The highest BCUT2D eigenvalue weighted by Crippen LogP contribution is 2.29. The number of H-pyrrole nitrogens is 1. The van der Waals surface area contributed by atoms with Crippen molar-refractivity contribution in [1.82, 2.24) is 35.4 Å². The number of benzene rings is 3. The van der Waals surface area contributed by atoms with Crippen molar-refractivity contribution >= 4 is 5.69 Å². The van der Waals surface area contributed by atoms with E-state index in [0.717, 1.165) is 52.4 Å². The van der Waals surface area contributed by atoms with Crippen LogP contribution in [0.4, 0.5) is 5.69 Å². The summed E-state index contributed by atoms with van der Waals surface area (Å²) in [7, 11) is 0. The van der Waals surface area contributed by atoms with E-state index in [4.69, 9.17) is 15.8 Å².